The van der Waals surface area contributed by atoms with Gasteiger partial charge in [-0.2, -0.15) is 5.10 Å². The second-order valence-electron chi connectivity index (χ2n) is 6.39. The van der Waals surface area contributed by atoms with Crippen molar-refractivity contribution in [2.24, 2.45) is 5.92 Å². The highest BCUT2D eigenvalue weighted by molar-refractivity contribution is 5.43. The molecule has 3 rings (SSSR count). The van der Waals surface area contributed by atoms with E-state index in [2.05, 4.69) is 10.00 Å². The highest BCUT2D eigenvalue weighted by atomic mass is 16.3. The molecule has 0 spiro atoms. The van der Waals surface area contributed by atoms with E-state index in [0.29, 0.717) is 12.5 Å². The molecule has 1 aliphatic carbocycles. The fourth-order valence-electron chi connectivity index (χ4n) is 3.55. The van der Waals surface area contributed by atoms with Gasteiger partial charge in [-0.05, 0) is 31.6 Å². The van der Waals surface area contributed by atoms with E-state index < -0.39 is 6.10 Å². The van der Waals surface area contributed by atoms with E-state index in [1.54, 1.807) is 12.3 Å². The van der Waals surface area contributed by atoms with E-state index >= 15 is 0 Å². The number of aliphatic hydroxyl groups excluding tert-OH is 1. The minimum absolute atomic E-state index is 0.103. The number of anilines is 1. The first-order chi connectivity index (χ1) is 10.2. The Morgan fingerprint density at radius 1 is 1.19 bits per heavy atom. The van der Waals surface area contributed by atoms with Crippen LogP contribution in [0.3, 0.4) is 0 Å². The third kappa shape index (κ3) is 3.46. The zero-order chi connectivity index (χ0) is 14.7. The van der Waals surface area contributed by atoms with Crippen LogP contribution in [0, 0.1) is 5.92 Å². The van der Waals surface area contributed by atoms with Gasteiger partial charge in [0.2, 0.25) is 0 Å². The quantitative estimate of drug-likeness (QED) is 0.919. The van der Waals surface area contributed by atoms with Crippen LogP contribution in [0.5, 0.6) is 0 Å². The lowest BCUT2D eigenvalue weighted by molar-refractivity contribution is 0.0651. The van der Waals surface area contributed by atoms with E-state index in [1.807, 2.05) is 0 Å². The second-order valence-corrected chi connectivity index (χ2v) is 6.39. The van der Waals surface area contributed by atoms with Crippen LogP contribution in [0.1, 0.15) is 44.9 Å². The number of hydrogen-bond acceptors (Lipinski definition) is 4. The number of nitrogens with zero attached hydrogens (tertiary/aromatic N) is 3. The first-order valence-electron chi connectivity index (χ1n) is 8.24. The number of aromatic nitrogens is 2. The smallest absolute Gasteiger partial charge is 0.268 e. The summed E-state index contributed by atoms with van der Waals surface area (Å²) in [5.74, 6) is 0.325. The summed E-state index contributed by atoms with van der Waals surface area (Å²) in [5.41, 5.74) is 0.815. The van der Waals surface area contributed by atoms with Gasteiger partial charge in [-0.3, -0.25) is 4.79 Å². The van der Waals surface area contributed by atoms with Crippen LogP contribution in [0.2, 0.25) is 0 Å². The van der Waals surface area contributed by atoms with Crippen molar-refractivity contribution >= 4 is 5.69 Å². The van der Waals surface area contributed by atoms with E-state index in [-0.39, 0.29) is 5.56 Å². The monoisotopic (exact) mass is 291 g/mol. The van der Waals surface area contributed by atoms with Crippen molar-refractivity contribution in [3.63, 3.8) is 0 Å². The number of hydrogen-bond donors (Lipinski definition) is 1. The normalized spacial score (nSPS) is 21.7. The average Bonchev–Trinajstić information content (AvgIpc) is 3.04. The van der Waals surface area contributed by atoms with E-state index in [1.165, 1.54) is 36.8 Å². The Labute approximate surface area is 125 Å². The van der Waals surface area contributed by atoms with Crippen LogP contribution in [0.25, 0.3) is 0 Å². The summed E-state index contributed by atoms with van der Waals surface area (Å²) in [7, 11) is 0. The van der Waals surface area contributed by atoms with Gasteiger partial charge in [-0.15, -0.1) is 0 Å². The van der Waals surface area contributed by atoms with Crippen LogP contribution < -0.4 is 10.5 Å². The van der Waals surface area contributed by atoms with Crippen molar-refractivity contribution in [2.45, 2.75) is 57.6 Å². The Hall–Kier alpha value is -1.36. The van der Waals surface area contributed by atoms with Gasteiger partial charge in [-0.1, -0.05) is 19.3 Å². The van der Waals surface area contributed by atoms with Crippen molar-refractivity contribution < 1.29 is 5.11 Å². The van der Waals surface area contributed by atoms with Crippen molar-refractivity contribution in [1.82, 2.24) is 9.78 Å². The SMILES string of the molecule is O=c1cc(N2CCCC2)cnn1CC(O)C1CCCCC1. The average molecular weight is 291 g/mol. The van der Waals surface area contributed by atoms with Gasteiger partial charge < -0.3 is 10.0 Å². The molecule has 0 radical (unpaired) electrons. The van der Waals surface area contributed by atoms with Crippen LogP contribution >= 0.6 is 0 Å². The van der Waals surface area contributed by atoms with Crippen molar-refractivity contribution in [1.29, 1.82) is 0 Å². The summed E-state index contributed by atoms with van der Waals surface area (Å²) in [5, 5.41) is 14.6. The van der Waals surface area contributed by atoms with E-state index in [0.717, 1.165) is 31.6 Å². The molecule has 1 atom stereocenters. The molecule has 1 aromatic heterocycles. The Bertz CT molecular complexity index is 516. The van der Waals surface area contributed by atoms with E-state index in [9.17, 15) is 9.90 Å². The molecule has 2 heterocycles. The minimum atomic E-state index is -0.451. The summed E-state index contributed by atoms with van der Waals surface area (Å²) < 4.78 is 1.42. The Morgan fingerprint density at radius 3 is 2.57 bits per heavy atom. The molecule has 116 valence electrons. The summed E-state index contributed by atoms with van der Waals surface area (Å²) in [4.78, 5) is 14.4. The molecule has 1 saturated carbocycles. The van der Waals surface area contributed by atoms with Crippen LogP contribution in [-0.4, -0.2) is 34.1 Å². The first kappa shape index (κ1) is 14.6. The predicted molar refractivity (Wildman–Crippen MR) is 82.5 cm³/mol. The zero-order valence-electron chi connectivity index (χ0n) is 12.6. The lowest BCUT2D eigenvalue weighted by Gasteiger charge is -2.26. The Morgan fingerprint density at radius 2 is 1.90 bits per heavy atom. The maximum Gasteiger partial charge on any atom is 0.268 e. The van der Waals surface area contributed by atoms with Crippen LogP contribution in [0.15, 0.2) is 17.1 Å². The first-order valence-corrected chi connectivity index (χ1v) is 8.24. The molecule has 5 heteroatoms. The topological polar surface area (TPSA) is 58.4 Å². The summed E-state index contributed by atoms with van der Waals surface area (Å²) in [6.07, 6.45) is 9.48. The molecule has 21 heavy (non-hydrogen) atoms. The molecule has 1 aliphatic heterocycles. The second kappa shape index (κ2) is 6.60. The third-order valence-electron chi connectivity index (χ3n) is 4.88. The third-order valence-corrected chi connectivity index (χ3v) is 4.88. The maximum absolute atomic E-state index is 12.2. The molecule has 1 N–H and O–H groups in total. The van der Waals surface area contributed by atoms with Crippen molar-refractivity contribution in [3.05, 3.63) is 22.6 Å². The van der Waals surface area contributed by atoms with Gasteiger partial charge in [0.25, 0.3) is 5.56 Å². The standard InChI is InChI=1S/C16H25N3O2/c20-15(13-6-2-1-3-7-13)12-19-16(21)10-14(11-17-19)18-8-4-5-9-18/h10-11,13,15,20H,1-9,12H2. The van der Waals surface area contributed by atoms with Crippen LogP contribution in [-0.2, 0) is 6.54 Å². The molecule has 1 unspecified atom stereocenters. The largest absolute Gasteiger partial charge is 0.391 e. The van der Waals surface area contributed by atoms with Gasteiger partial charge >= 0.3 is 0 Å². The summed E-state index contributed by atoms with van der Waals surface area (Å²) >= 11 is 0. The lowest BCUT2D eigenvalue weighted by Crippen LogP contribution is -2.34. The molecule has 0 aromatic carbocycles. The number of rotatable bonds is 4. The molecular weight excluding hydrogens is 266 g/mol. The molecule has 1 saturated heterocycles. The molecule has 1 aromatic rings. The van der Waals surface area contributed by atoms with Crippen LogP contribution in [0.4, 0.5) is 5.69 Å². The predicted octanol–water partition coefficient (Wildman–Crippen LogP) is 1.78. The minimum Gasteiger partial charge on any atom is -0.391 e. The van der Waals surface area contributed by atoms with Gasteiger partial charge in [0.1, 0.15) is 0 Å². The highest BCUT2D eigenvalue weighted by Crippen LogP contribution is 2.27. The maximum atomic E-state index is 12.2. The molecule has 0 bridgehead atoms. The highest BCUT2D eigenvalue weighted by Gasteiger charge is 2.23. The Kier molecular flexibility index (Phi) is 4.58. The number of aliphatic hydroxyl groups is 1. The lowest BCUT2D eigenvalue weighted by atomic mass is 9.85. The zero-order valence-corrected chi connectivity index (χ0v) is 12.6. The summed E-state index contributed by atoms with van der Waals surface area (Å²) in [6.45, 7) is 2.34. The molecular formula is C16H25N3O2. The molecule has 0 amide bonds. The van der Waals surface area contributed by atoms with Gasteiger partial charge in [0.05, 0.1) is 24.5 Å². The molecule has 2 fully saturated rings. The van der Waals surface area contributed by atoms with E-state index in [4.69, 9.17) is 0 Å². The fourth-order valence-corrected chi connectivity index (χ4v) is 3.55. The van der Waals surface area contributed by atoms with Crippen molar-refractivity contribution in [3.8, 4) is 0 Å². The van der Waals surface area contributed by atoms with Gasteiger partial charge in [0.15, 0.2) is 0 Å². The van der Waals surface area contributed by atoms with Gasteiger partial charge in [0, 0.05) is 19.2 Å². The molecule has 5 nitrogen and oxygen atoms in total. The summed E-state index contributed by atoms with van der Waals surface area (Å²) in [6, 6.07) is 1.66. The van der Waals surface area contributed by atoms with Crippen molar-refractivity contribution in [2.75, 3.05) is 18.0 Å². The van der Waals surface area contributed by atoms with Gasteiger partial charge in [-0.25, -0.2) is 4.68 Å². The fraction of sp³-hybridized carbons (Fsp3) is 0.750. The Balaban J connectivity index is 1.66. The molecule has 2 aliphatic rings.